The number of carbonyl (C=O) groups excluding carboxylic acids is 1. The van der Waals surface area contributed by atoms with E-state index in [2.05, 4.69) is 4.99 Å². The van der Waals surface area contributed by atoms with Crippen molar-refractivity contribution in [3.63, 3.8) is 0 Å². The van der Waals surface area contributed by atoms with Crippen LogP contribution in [0.25, 0.3) is 0 Å². The van der Waals surface area contributed by atoms with Gasteiger partial charge in [-0.2, -0.15) is 4.99 Å². The van der Waals surface area contributed by atoms with E-state index in [1.807, 2.05) is 0 Å². The normalized spacial score (nSPS) is 11.5. The van der Waals surface area contributed by atoms with Crippen LogP contribution in [-0.2, 0) is 4.79 Å². The lowest BCUT2D eigenvalue weighted by Crippen LogP contribution is -1.92. The first kappa shape index (κ1) is 10.1. The molecule has 0 saturated heterocycles. The fourth-order valence-electron chi connectivity index (χ4n) is 1.05. The van der Waals surface area contributed by atoms with Crippen molar-refractivity contribution in [2.75, 3.05) is 0 Å². The van der Waals surface area contributed by atoms with Crippen molar-refractivity contribution < 1.29 is 9.72 Å². The van der Waals surface area contributed by atoms with Gasteiger partial charge in [-0.25, -0.2) is 4.79 Å². The summed E-state index contributed by atoms with van der Waals surface area (Å²) in [6.45, 7) is 1.67. The third kappa shape index (κ3) is 2.24. The molecule has 1 atom stereocenters. The van der Waals surface area contributed by atoms with Crippen molar-refractivity contribution in [2.24, 2.45) is 4.99 Å². The van der Waals surface area contributed by atoms with Gasteiger partial charge in [-0.1, -0.05) is 12.1 Å². The van der Waals surface area contributed by atoms with Crippen molar-refractivity contribution in [3.05, 3.63) is 39.9 Å². The third-order valence-electron chi connectivity index (χ3n) is 1.81. The van der Waals surface area contributed by atoms with Crippen LogP contribution in [0.3, 0.4) is 0 Å². The van der Waals surface area contributed by atoms with Gasteiger partial charge in [0.25, 0.3) is 5.69 Å². The molecule has 14 heavy (non-hydrogen) atoms. The van der Waals surface area contributed by atoms with Crippen LogP contribution < -0.4 is 0 Å². The Bertz CT molecular complexity index is 397. The highest BCUT2D eigenvalue weighted by molar-refractivity contribution is 5.39. The summed E-state index contributed by atoms with van der Waals surface area (Å²) in [6.07, 6.45) is 1.42. The Hall–Kier alpha value is -2.00. The molecular weight excluding hydrogens is 184 g/mol. The van der Waals surface area contributed by atoms with Gasteiger partial charge >= 0.3 is 0 Å². The van der Waals surface area contributed by atoms with E-state index in [0.29, 0.717) is 5.56 Å². The van der Waals surface area contributed by atoms with Crippen LogP contribution in [0.2, 0.25) is 0 Å². The van der Waals surface area contributed by atoms with Gasteiger partial charge in [0.2, 0.25) is 6.08 Å². The van der Waals surface area contributed by atoms with E-state index < -0.39 is 11.0 Å². The summed E-state index contributed by atoms with van der Waals surface area (Å²) in [5.74, 6) is 0. The Balaban J connectivity index is 3.04. The fourth-order valence-corrected chi connectivity index (χ4v) is 1.05. The van der Waals surface area contributed by atoms with E-state index in [9.17, 15) is 14.9 Å². The van der Waals surface area contributed by atoms with E-state index in [0.717, 1.165) is 0 Å². The number of isocyanates is 1. The SMILES string of the molecule is CC(N=C=O)c1cccc([N+](=O)[O-])c1. The highest BCUT2D eigenvalue weighted by atomic mass is 16.6. The Kier molecular flexibility index (Phi) is 3.09. The van der Waals surface area contributed by atoms with Gasteiger partial charge in [0.05, 0.1) is 11.0 Å². The maximum Gasteiger partial charge on any atom is 0.269 e. The van der Waals surface area contributed by atoms with Crippen LogP contribution in [0.15, 0.2) is 29.3 Å². The second-order valence-electron chi connectivity index (χ2n) is 2.75. The van der Waals surface area contributed by atoms with Gasteiger partial charge in [-0.3, -0.25) is 10.1 Å². The quantitative estimate of drug-likeness (QED) is 0.318. The average Bonchev–Trinajstić information content (AvgIpc) is 2.18. The van der Waals surface area contributed by atoms with E-state index >= 15 is 0 Å². The maximum absolute atomic E-state index is 10.4. The van der Waals surface area contributed by atoms with Crippen molar-refractivity contribution in [3.8, 4) is 0 Å². The molecule has 0 aliphatic heterocycles. The van der Waals surface area contributed by atoms with E-state index in [1.54, 1.807) is 19.1 Å². The van der Waals surface area contributed by atoms with Gasteiger partial charge < -0.3 is 0 Å². The average molecular weight is 192 g/mol. The second kappa shape index (κ2) is 4.30. The lowest BCUT2D eigenvalue weighted by molar-refractivity contribution is -0.384. The van der Waals surface area contributed by atoms with Crippen LogP contribution in [0, 0.1) is 10.1 Å². The zero-order valence-electron chi connectivity index (χ0n) is 7.51. The zero-order chi connectivity index (χ0) is 10.6. The standard InChI is InChI=1S/C9H8N2O3/c1-7(10-6-12)8-3-2-4-9(5-8)11(13)14/h2-5,7H,1H3. The molecule has 0 N–H and O–H groups in total. The Morgan fingerprint density at radius 2 is 2.29 bits per heavy atom. The van der Waals surface area contributed by atoms with Gasteiger partial charge in [-0.05, 0) is 12.5 Å². The monoisotopic (exact) mass is 192 g/mol. The van der Waals surface area contributed by atoms with Gasteiger partial charge in [0.15, 0.2) is 0 Å². The molecule has 0 bridgehead atoms. The Morgan fingerprint density at radius 1 is 1.57 bits per heavy atom. The number of nitro groups is 1. The minimum atomic E-state index is -0.485. The first-order chi connectivity index (χ1) is 6.65. The van der Waals surface area contributed by atoms with Gasteiger partial charge in [0.1, 0.15) is 0 Å². The van der Waals surface area contributed by atoms with E-state index in [1.165, 1.54) is 18.2 Å². The molecule has 72 valence electrons. The summed E-state index contributed by atoms with van der Waals surface area (Å²) < 4.78 is 0. The minimum Gasteiger partial charge on any atom is -0.258 e. The molecule has 1 rings (SSSR count). The predicted octanol–water partition coefficient (Wildman–Crippen LogP) is 1.99. The highest BCUT2D eigenvalue weighted by Gasteiger charge is 2.09. The molecule has 0 aliphatic rings. The molecular formula is C9H8N2O3. The fraction of sp³-hybridized carbons (Fsp3) is 0.222. The third-order valence-corrected chi connectivity index (χ3v) is 1.81. The van der Waals surface area contributed by atoms with Crippen LogP contribution in [0.4, 0.5) is 5.69 Å². The maximum atomic E-state index is 10.4. The van der Waals surface area contributed by atoms with Gasteiger partial charge in [-0.15, -0.1) is 0 Å². The topological polar surface area (TPSA) is 72.6 Å². The molecule has 0 radical (unpaired) electrons. The van der Waals surface area contributed by atoms with Crippen LogP contribution >= 0.6 is 0 Å². The first-order valence-corrected chi connectivity index (χ1v) is 3.96. The molecule has 0 aromatic heterocycles. The summed E-state index contributed by atoms with van der Waals surface area (Å²) in [6, 6.07) is 5.63. The minimum absolute atomic E-state index is 0.00421. The number of nitro benzene ring substituents is 1. The lowest BCUT2D eigenvalue weighted by Gasteiger charge is -2.02. The van der Waals surface area contributed by atoms with Crippen LogP contribution in [0.5, 0.6) is 0 Å². The van der Waals surface area contributed by atoms with Crippen LogP contribution in [0.1, 0.15) is 18.5 Å². The zero-order valence-corrected chi connectivity index (χ0v) is 7.51. The number of non-ortho nitro benzene ring substituents is 1. The molecule has 0 amide bonds. The molecule has 1 aromatic carbocycles. The lowest BCUT2D eigenvalue weighted by atomic mass is 10.1. The van der Waals surface area contributed by atoms with Crippen molar-refractivity contribution >= 4 is 11.8 Å². The number of nitrogens with zero attached hydrogens (tertiary/aromatic N) is 2. The largest absolute Gasteiger partial charge is 0.269 e. The molecule has 5 nitrogen and oxygen atoms in total. The molecule has 0 heterocycles. The second-order valence-corrected chi connectivity index (χ2v) is 2.75. The summed E-state index contributed by atoms with van der Waals surface area (Å²) >= 11 is 0. The Labute approximate surface area is 80.2 Å². The predicted molar refractivity (Wildman–Crippen MR) is 49.6 cm³/mol. The number of rotatable bonds is 3. The number of hydrogen-bond acceptors (Lipinski definition) is 4. The van der Waals surface area contributed by atoms with Gasteiger partial charge in [0, 0.05) is 12.1 Å². The first-order valence-electron chi connectivity index (χ1n) is 3.96. The highest BCUT2D eigenvalue weighted by Crippen LogP contribution is 2.20. The molecule has 5 heteroatoms. The molecule has 1 unspecified atom stereocenters. The molecule has 0 aliphatic carbocycles. The van der Waals surface area contributed by atoms with Crippen molar-refractivity contribution in [1.29, 1.82) is 0 Å². The summed E-state index contributed by atoms with van der Waals surface area (Å²) in [5.41, 5.74) is 0.623. The van der Waals surface area contributed by atoms with E-state index in [-0.39, 0.29) is 5.69 Å². The Morgan fingerprint density at radius 3 is 2.86 bits per heavy atom. The number of hydrogen-bond donors (Lipinski definition) is 0. The van der Waals surface area contributed by atoms with E-state index in [4.69, 9.17) is 0 Å². The van der Waals surface area contributed by atoms with Crippen molar-refractivity contribution in [2.45, 2.75) is 13.0 Å². The molecule has 0 spiro atoms. The molecule has 0 saturated carbocycles. The summed E-state index contributed by atoms with van der Waals surface area (Å²) in [7, 11) is 0. The summed E-state index contributed by atoms with van der Waals surface area (Å²) in [5, 5.41) is 10.4. The number of benzene rings is 1. The summed E-state index contributed by atoms with van der Waals surface area (Å²) in [4.78, 5) is 23.4. The smallest absolute Gasteiger partial charge is 0.258 e. The molecule has 1 aromatic rings. The number of aliphatic imine (C=N–C) groups is 1. The molecule has 0 fully saturated rings. The van der Waals surface area contributed by atoms with Crippen molar-refractivity contribution in [1.82, 2.24) is 0 Å². The van der Waals surface area contributed by atoms with Crippen LogP contribution in [-0.4, -0.2) is 11.0 Å².